The number of carboxylic acids is 1. The van der Waals surface area contributed by atoms with Crippen LogP contribution in [0.4, 0.5) is 4.79 Å². The summed E-state index contributed by atoms with van der Waals surface area (Å²) >= 11 is 0. The van der Waals surface area contributed by atoms with E-state index in [1.165, 1.54) is 6.92 Å². The number of likely N-dealkylation sites (tertiary alicyclic amines) is 1. The maximum absolute atomic E-state index is 11.9. The van der Waals surface area contributed by atoms with Crippen molar-refractivity contribution in [3.05, 3.63) is 11.6 Å². The smallest absolute Gasteiger partial charge is 0.407 e. The van der Waals surface area contributed by atoms with Crippen molar-refractivity contribution < 1.29 is 24.2 Å². The highest BCUT2D eigenvalue weighted by Gasteiger charge is 2.39. The van der Waals surface area contributed by atoms with Crippen molar-refractivity contribution in [2.45, 2.75) is 70.2 Å². The van der Waals surface area contributed by atoms with Gasteiger partial charge in [-0.1, -0.05) is 13.0 Å². The van der Waals surface area contributed by atoms with E-state index in [1.54, 1.807) is 6.08 Å². The minimum atomic E-state index is -1.04. The van der Waals surface area contributed by atoms with Crippen LogP contribution >= 0.6 is 0 Å². The summed E-state index contributed by atoms with van der Waals surface area (Å²) in [6, 6.07) is -1.47. The van der Waals surface area contributed by atoms with Gasteiger partial charge in [0.1, 0.15) is 6.10 Å². The lowest BCUT2D eigenvalue weighted by Crippen LogP contribution is -2.58. The third kappa shape index (κ3) is 7.42. The number of carbonyl (C=O) groups excluding carboxylic acids is 2. The van der Waals surface area contributed by atoms with E-state index in [0.29, 0.717) is 32.5 Å². The molecule has 1 fully saturated rings. The number of aliphatic imine (C=N–C) groups is 1. The Morgan fingerprint density at radius 2 is 2.03 bits per heavy atom. The molecule has 174 valence electrons. The summed E-state index contributed by atoms with van der Waals surface area (Å²) < 4.78 is 5.52. The fourth-order valence-corrected chi connectivity index (χ4v) is 4.11. The van der Waals surface area contributed by atoms with Gasteiger partial charge < -0.3 is 31.9 Å². The van der Waals surface area contributed by atoms with Crippen molar-refractivity contribution in [2.75, 3.05) is 19.6 Å². The molecule has 0 saturated carbocycles. The van der Waals surface area contributed by atoms with Crippen LogP contribution in [0.3, 0.4) is 0 Å². The number of nitrogens with two attached hydrogens (primary N) is 2. The zero-order chi connectivity index (χ0) is 23.0. The third-order valence-corrected chi connectivity index (χ3v) is 5.47. The van der Waals surface area contributed by atoms with Crippen molar-refractivity contribution in [1.82, 2.24) is 15.5 Å². The molecule has 0 bridgehead atoms. The molecule has 0 aromatic heterocycles. The second kappa shape index (κ2) is 11.5. The fourth-order valence-electron chi connectivity index (χ4n) is 4.11. The molecule has 0 aromatic rings. The maximum Gasteiger partial charge on any atom is 0.407 e. The first-order valence-corrected chi connectivity index (χ1v) is 10.7. The lowest BCUT2D eigenvalue weighted by molar-refractivity contribution is -0.133. The molecule has 11 nitrogen and oxygen atoms in total. The van der Waals surface area contributed by atoms with Crippen LogP contribution in [0.5, 0.6) is 0 Å². The van der Waals surface area contributed by atoms with Crippen molar-refractivity contribution >= 4 is 23.9 Å². The zero-order valence-electron chi connectivity index (χ0n) is 18.2. The standard InChI is InChI=1S/C20H34N6O5/c1-3-7-23-20(30)31-14-5-4-8-26(9-6-14)16-11-13(18(28)29)10-15(25-19(21)22)17(16)24-12(2)27/h11,14-17H,3-10H2,1-2H3,(H,23,30)(H,24,27)(H,28,29)(H4,21,22,25)/t14?,15-,16+,17+/m0/s1. The molecule has 1 heterocycles. The van der Waals surface area contributed by atoms with Crippen LogP contribution < -0.4 is 22.1 Å². The third-order valence-electron chi connectivity index (χ3n) is 5.47. The summed E-state index contributed by atoms with van der Waals surface area (Å²) in [5.74, 6) is -1.44. The van der Waals surface area contributed by atoms with Crippen molar-refractivity contribution in [1.29, 1.82) is 0 Å². The first kappa shape index (κ1) is 24.4. The molecular weight excluding hydrogens is 404 g/mol. The first-order chi connectivity index (χ1) is 14.7. The molecule has 7 N–H and O–H groups in total. The Morgan fingerprint density at radius 1 is 1.29 bits per heavy atom. The van der Waals surface area contributed by atoms with Crippen LogP contribution in [0.15, 0.2) is 16.6 Å². The first-order valence-electron chi connectivity index (χ1n) is 10.7. The molecule has 0 radical (unpaired) electrons. The molecule has 2 amide bonds. The van der Waals surface area contributed by atoms with Gasteiger partial charge in [-0.25, -0.2) is 14.6 Å². The molecule has 11 heteroatoms. The van der Waals surface area contributed by atoms with E-state index in [-0.39, 0.29) is 30.0 Å². The van der Waals surface area contributed by atoms with E-state index in [1.807, 2.05) is 6.92 Å². The van der Waals surface area contributed by atoms with E-state index in [4.69, 9.17) is 16.2 Å². The van der Waals surface area contributed by atoms with Gasteiger partial charge in [0.25, 0.3) is 0 Å². The Bertz CT molecular complexity index is 721. The number of alkyl carbamates (subject to hydrolysis) is 1. The molecule has 0 aromatic carbocycles. The van der Waals surface area contributed by atoms with Crippen LogP contribution in [0, 0.1) is 0 Å². The Labute approximate surface area is 182 Å². The van der Waals surface area contributed by atoms with Gasteiger partial charge in [0, 0.05) is 32.0 Å². The summed E-state index contributed by atoms with van der Waals surface area (Å²) in [6.45, 7) is 5.17. The zero-order valence-corrected chi connectivity index (χ0v) is 18.2. The number of hydrogen-bond acceptors (Lipinski definition) is 6. The van der Waals surface area contributed by atoms with Crippen LogP contribution in [-0.2, 0) is 14.3 Å². The minimum Gasteiger partial charge on any atom is -0.478 e. The molecule has 0 spiro atoms. The van der Waals surface area contributed by atoms with E-state index in [2.05, 4.69) is 20.5 Å². The predicted molar refractivity (Wildman–Crippen MR) is 115 cm³/mol. The number of aliphatic carboxylic acids is 1. The molecule has 4 atom stereocenters. The monoisotopic (exact) mass is 438 g/mol. The number of carboxylic acid groups (broad SMARTS) is 1. The molecule has 1 aliphatic heterocycles. The molecule has 1 unspecified atom stereocenters. The van der Waals surface area contributed by atoms with E-state index in [0.717, 1.165) is 12.8 Å². The minimum absolute atomic E-state index is 0.117. The Hall–Kier alpha value is -2.82. The second-order valence-corrected chi connectivity index (χ2v) is 7.96. The highest BCUT2D eigenvalue weighted by atomic mass is 16.6. The van der Waals surface area contributed by atoms with E-state index < -0.39 is 30.2 Å². The topological polar surface area (TPSA) is 172 Å². The number of rotatable bonds is 7. The second-order valence-electron chi connectivity index (χ2n) is 7.96. The van der Waals surface area contributed by atoms with Crippen LogP contribution in [0.25, 0.3) is 0 Å². The highest BCUT2D eigenvalue weighted by molar-refractivity contribution is 5.87. The normalized spacial score (nSPS) is 26.7. The summed E-state index contributed by atoms with van der Waals surface area (Å²) in [7, 11) is 0. The molecule has 1 aliphatic carbocycles. The molecule has 1 saturated heterocycles. The van der Waals surface area contributed by atoms with Gasteiger partial charge in [-0.15, -0.1) is 0 Å². The van der Waals surface area contributed by atoms with Crippen LogP contribution in [0.2, 0.25) is 0 Å². The highest BCUT2D eigenvalue weighted by Crippen LogP contribution is 2.28. The van der Waals surface area contributed by atoms with Crippen molar-refractivity contribution in [3.8, 4) is 0 Å². The number of ether oxygens (including phenoxy) is 1. The van der Waals surface area contributed by atoms with Gasteiger partial charge in [0.2, 0.25) is 5.91 Å². The number of amides is 2. The van der Waals surface area contributed by atoms with Crippen molar-refractivity contribution in [3.63, 3.8) is 0 Å². The quantitative estimate of drug-likeness (QED) is 0.271. The van der Waals surface area contributed by atoms with Gasteiger partial charge in [0.15, 0.2) is 5.96 Å². The van der Waals surface area contributed by atoms with Crippen LogP contribution in [-0.4, -0.2) is 77.8 Å². The van der Waals surface area contributed by atoms with Gasteiger partial charge in [-0.2, -0.15) is 0 Å². The average Bonchev–Trinajstić information content (AvgIpc) is 2.92. The predicted octanol–water partition coefficient (Wildman–Crippen LogP) is -0.0929. The number of nitrogens with one attached hydrogen (secondary N) is 2. The number of guanidine groups is 1. The Balaban J connectivity index is 2.19. The largest absolute Gasteiger partial charge is 0.478 e. The Morgan fingerprint density at radius 3 is 2.65 bits per heavy atom. The molecule has 31 heavy (non-hydrogen) atoms. The number of carbonyl (C=O) groups is 3. The van der Waals surface area contributed by atoms with Gasteiger partial charge >= 0.3 is 12.1 Å². The van der Waals surface area contributed by atoms with Crippen molar-refractivity contribution in [2.24, 2.45) is 16.5 Å². The molecular formula is C20H34N6O5. The van der Waals surface area contributed by atoms with Gasteiger partial charge in [-0.3, -0.25) is 9.69 Å². The van der Waals surface area contributed by atoms with E-state index >= 15 is 0 Å². The summed E-state index contributed by atoms with van der Waals surface area (Å²) in [5.41, 5.74) is 11.3. The maximum atomic E-state index is 11.9. The fraction of sp³-hybridized carbons (Fsp3) is 0.700. The number of nitrogens with zero attached hydrogens (tertiary/aromatic N) is 2. The number of hydrogen-bond donors (Lipinski definition) is 5. The van der Waals surface area contributed by atoms with Crippen LogP contribution in [0.1, 0.15) is 46.0 Å². The summed E-state index contributed by atoms with van der Waals surface area (Å²) in [4.78, 5) is 41.8. The summed E-state index contributed by atoms with van der Waals surface area (Å²) in [5, 5.41) is 15.2. The molecule has 2 rings (SSSR count). The van der Waals surface area contributed by atoms with Gasteiger partial charge in [-0.05, 0) is 32.2 Å². The molecule has 2 aliphatic rings. The SMILES string of the molecule is CCCNC(=O)OC1CCCN([C@@H]2C=C(C(=O)O)C[C@H](N=C(N)N)[C@H]2NC(C)=O)CC1. The average molecular weight is 439 g/mol. The lowest BCUT2D eigenvalue weighted by atomic mass is 9.85. The summed E-state index contributed by atoms with van der Waals surface area (Å²) in [6.07, 6.45) is 4.05. The van der Waals surface area contributed by atoms with Gasteiger partial charge in [0.05, 0.1) is 18.1 Å². The van der Waals surface area contributed by atoms with E-state index in [9.17, 15) is 19.5 Å². The Kier molecular flexibility index (Phi) is 9.10. The lowest BCUT2D eigenvalue weighted by Gasteiger charge is -2.40.